The van der Waals surface area contributed by atoms with E-state index in [0.29, 0.717) is 18.1 Å². The summed E-state index contributed by atoms with van der Waals surface area (Å²) in [5.41, 5.74) is 0.197. The van der Waals surface area contributed by atoms with Crippen LogP contribution in [0.3, 0.4) is 0 Å². The molecule has 0 saturated carbocycles. The fraction of sp³-hybridized carbons (Fsp3) is 0.316. The molecule has 0 aliphatic rings. The van der Waals surface area contributed by atoms with Gasteiger partial charge in [-0.15, -0.1) is 0 Å². The van der Waals surface area contributed by atoms with Crippen molar-refractivity contribution in [2.45, 2.75) is 25.3 Å². The molecule has 2 rings (SSSR count). The number of halogens is 2. The van der Waals surface area contributed by atoms with Crippen LogP contribution < -0.4 is 0 Å². The Hall–Kier alpha value is -1.96. The maximum absolute atomic E-state index is 14.1. The van der Waals surface area contributed by atoms with E-state index in [4.69, 9.17) is 11.6 Å². The van der Waals surface area contributed by atoms with Crippen molar-refractivity contribution < 1.29 is 17.6 Å². The molecule has 8 heteroatoms. The first-order valence-corrected chi connectivity index (χ1v) is 10.4. The van der Waals surface area contributed by atoms with E-state index in [1.165, 1.54) is 47.4 Å². The fourth-order valence-corrected chi connectivity index (χ4v) is 4.12. The highest BCUT2D eigenvalue weighted by Gasteiger charge is 2.28. The molecule has 27 heavy (non-hydrogen) atoms. The molecule has 5 nitrogen and oxygen atoms in total. The van der Waals surface area contributed by atoms with E-state index < -0.39 is 15.8 Å². The monoisotopic (exact) mass is 412 g/mol. The molecule has 0 unspecified atom stereocenters. The maximum atomic E-state index is 14.1. The minimum Gasteiger partial charge on any atom is -0.342 e. The minimum absolute atomic E-state index is 0.00409. The van der Waals surface area contributed by atoms with Crippen LogP contribution in [0, 0.1) is 5.82 Å². The third-order valence-corrected chi connectivity index (χ3v) is 6.24. The molecule has 0 aliphatic carbocycles. The van der Waals surface area contributed by atoms with E-state index in [1.807, 2.05) is 13.8 Å². The van der Waals surface area contributed by atoms with Gasteiger partial charge < -0.3 is 4.90 Å². The van der Waals surface area contributed by atoms with E-state index in [0.717, 1.165) is 4.31 Å². The lowest BCUT2D eigenvalue weighted by Crippen LogP contribution is -2.42. The van der Waals surface area contributed by atoms with Gasteiger partial charge in [0.25, 0.3) is 0 Å². The van der Waals surface area contributed by atoms with E-state index in [2.05, 4.69) is 0 Å². The van der Waals surface area contributed by atoms with E-state index in [1.54, 1.807) is 6.07 Å². The van der Waals surface area contributed by atoms with Crippen molar-refractivity contribution in [2.75, 3.05) is 19.6 Å². The Balaban J connectivity index is 2.40. The van der Waals surface area contributed by atoms with E-state index in [9.17, 15) is 17.6 Å². The van der Waals surface area contributed by atoms with E-state index in [-0.39, 0.29) is 29.5 Å². The summed E-state index contributed by atoms with van der Waals surface area (Å²) in [6.07, 6.45) is 0. The summed E-state index contributed by atoms with van der Waals surface area (Å²) in [7, 11) is -4.02. The zero-order valence-electron chi connectivity index (χ0n) is 15.2. The van der Waals surface area contributed by atoms with Crippen molar-refractivity contribution in [3.05, 3.63) is 64.9 Å². The number of hydrogen-bond donors (Lipinski definition) is 0. The third kappa shape index (κ3) is 5.28. The van der Waals surface area contributed by atoms with Crippen molar-refractivity contribution in [2.24, 2.45) is 0 Å². The molecule has 0 atom stereocenters. The first kappa shape index (κ1) is 21.3. The SMILES string of the molecule is CCN(CC)C(=O)CN(Cc1ccccc1F)S(=O)(=O)c1ccc(Cl)cc1. The van der Waals surface area contributed by atoms with Gasteiger partial charge >= 0.3 is 0 Å². The molecule has 0 N–H and O–H groups in total. The predicted molar refractivity (Wildman–Crippen MR) is 103 cm³/mol. The van der Waals surface area contributed by atoms with Crippen LogP contribution in [-0.2, 0) is 21.4 Å². The van der Waals surface area contributed by atoms with Crippen molar-refractivity contribution in [3.63, 3.8) is 0 Å². The summed E-state index contributed by atoms with van der Waals surface area (Å²) in [5.74, 6) is -0.863. The standard InChI is InChI=1S/C19H22ClFN2O3S/c1-3-22(4-2)19(24)14-23(13-15-7-5-6-8-18(15)21)27(25,26)17-11-9-16(20)10-12-17/h5-12H,3-4,13-14H2,1-2H3. The number of carbonyl (C=O) groups excluding carboxylic acids is 1. The zero-order chi connectivity index (χ0) is 20.0. The lowest BCUT2D eigenvalue weighted by molar-refractivity contribution is -0.131. The van der Waals surface area contributed by atoms with Crippen LogP contribution in [0.2, 0.25) is 5.02 Å². The van der Waals surface area contributed by atoms with Gasteiger partial charge in [-0.25, -0.2) is 12.8 Å². The Labute approximate surface area is 164 Å². The Morgan fingerprint density at radius 1 is 1.04 bits per heavy atom. The van der Waals surface area contributed by atoms with Crippen LogP contribution in [0.4, 0.5) is 4.39 Å². The number of likely N-dealkylation sites (N-methyl/N-ethyl adjacent to an activating group) is 1. The molecule has 0 fully saturated rings. The number of rotatable bonds is 8. The van der Waals surface area contributed by atoms with Crippen molar-refractivity contribution in [3.8, 4) is 0 Å². The average molecular weight is 413 g/mol. The first-order chi connectivity index (χ1) is 12.8. The van der Waals surface area contributed by atoms with Crippen molar-refractivity contribution in [1.82, 2.24) is 9.21 Å². The number of amides is 1. The normalized spacial score (nSPS) is 11.6. The number of hydrogen-bond acceptors (Lipinski definition) is 3. The molecule has 0 saturated heterocycles. The molecule has 0 aliphatic heterocycles. The fourth-order valence-electron chi connectivity index (χ4n) is 2.63. The van der Waals surface area contributed by atoms with Gasteiger partial charge in [-0.1, -0.05) is 29.8 Å². The highest BCUT2D eigenvalue weighted by molar-refractivity contribution is 7.89. The summed E-state index contributed by atoms with van der Waals surface area (Å²) < 4.78 is 41.3. The predicted octanol–water partition coefficient (Wildman–Crippen LogP) is 3.54. The van der Waals surface area contributed by atoms with Crippen LogP contribution in [0.25, 0.3) is 0 Å². The highest BCUT2D eigenvalue weighted by Crippen LogP contribution is 2.21. The van der Waals surface area contributed by atoms with Gasteiger partial charge in [-0.05, 0) is 44.2 Å². The molecule has 0 heterocycles. The molecule has 0 radical (unpaired) electrons. The second-order valence-electron chi connectivity index (χ2n) is 5.88. The topological polar surface area (TPSA) is 57.7 Å². The summed E-state index contributed by atoms with van der Waals surface area (Å²) in [4.78, 5) is 14.1. The molecular weight excluding hydrogens is 391 g/mol. The molecular formula is C19H22ClFN2O3S. The Bertz CT molecular complexity index is 884. The lowest BCUT2D eigenvalue weighted by atomic mass is 10.2. The van der Waals surface area contributed by atoms with Crippen molar-refractivity contribution in [1.29, 1.82) is 0 Å². The molecule has 0 bridgehead atoms. The van der Waals surface area contributed by atoms with Crippen LogP contribution in [0.15, 0.2) is 53.4 Å². The van der Waals surface area contributed by atoms with Crippen LogP contribution in [0.5, 0.6) is 0 Å². The zero-order valence-corrected chi connectivity index (χ0v) is 16.8. The lowest BCUT2D eigenvalue weighted by Gasteiger charge is -2.26. The van der Waals surface area contributed by atoms with Crippen molar-refractivity contribution >= 4 is 27.5 Å². The molecule has 0 spiro atoms. The highest BCUT2D eigenvalue weighted by atomic mass is 35.5. The number of sulfonamides is 1. The minimum atomic E-state index is -4.02. The second-order valence-corrected chi connectivity index (χ2v) is 8.26. The van der Waals surface area contributed by atoms with Gasteiger partial charge in [0, 0.05) is 30.2 Å². The largest absolute Gasteiger partial charge is 0.342 e. The smallest absolute Gasteiger partial charge is 0.243 e. The summed E-state index contributed by atoms with van der Waals surface area (Å²) >= 11 is 5.84. The van der Waals surface area contributed by atoms with Gasteiger partial charge in [0.2, 0.25) is 15.9 Å². The summed E-state index contributed by atoms with van der Waals surface area (Å²) in [5, 5.41) is 0.397. The average Bonchev–Trinajstić information content (AvgIpc) is 2.64. The van der Waals surface area contributed by atoms with Crippen LogP contribution in [-0.4, -0.2) is 43.2 Å². The molecule has 0 aromatic heterocycles. The molecule has 2 aromatic rings. The number of nitrogens with zero attached hydrogens (tertiary/aromatic N) is 2. The van der Waals surface area contributed by atoms with Gasteiger partial charge in [-0.3, -0.25) is 4.79 Å². The number of carbonyl (C=O) groups is 1. The quantitative estimate of drug-likeness (QED) is 0.666. The Kier molecular flexibility index (Phi) is 7.35. The first-order valence-electron chi connectivity index (χ1n) is 8.56. The van der Waals surface area contributed by atoms with Crippen LogP contribution >= 0.6 is 11.6 Å². The molecule has 2 aromatic carbocycles. The summed E-state index contributed by atoms with van der Waals surface area (Å²) in [6, 6.07) is 11.6. The Morgan fingerprint density at radius 3 is 2.19 bits per heavy atom. The van der Waals surface area contributed by atoms with Gasteiger partial charge in [0.05, 0.1) is 11.4 Å². The van der Waals surface area contributed by atoms with E-state index >= 15 is 0 Å². The maximum Gasteiger partial charge on any atom is 0.243 e. The van der Waals surface area contributed by atoms with Gasteiger partial charge in [0.1, 0.15) is 5.82 Å². The summed E-state index contributed by atoms with van der Waals surface area (Å²) in [6.45, 7) is 3.94. The third-order valence-electron chi connectivity index (χ3n) is 4.18. The van der Waals surface area contributed by atoms with Crippen LogP contribution in [0.1, 0.15) is 19.4 Å². The number of benzene rings is 2. The molecule has 1 amide bonds. The van der Waals surface area contributed by atoms with Gasteiger partial charge in [0.15, 0.2) is 0 Å². The van der Waals surface area contributed by atoms with Gasteiger partial charge in [-0.2, -0.15) is 4.31 Å². The second kappa shape index (κ2) is 9.30. The Morgan fingerprint density at radius 2 is 1.63 bits per heavy atom. The molecule has 146 valence electrons.